The Morgan fingerprint density at radius 3 is 2.12 bits per heavy atom. The van der Waals surface area contributed by atoms with E-state index in [0.29, 0.717) is 17.9 Å². The Labute approximate surface area is 207 Å². The number of esters is 1. The number of ether oxygens (including phenoxy) is 2. The lowest BCUT2D eigenvalue weighted by Crippen LogP contribution is -2.15. The van der Waals surface area contributed by atoms with Gasteiger partial charge < -0.3 is 9.47 Å². The van der Waals surface area contributed by atoms with Gasteiger partial charge in [-0.1, -0.05) is 77.8 Å². The number of carbonyl (C=O) groups is 1. The van der Waals surface area contributed by atoms with E-state index in [1.807, 2.05) is 24.3 Å². The molecule has 3 rings (SSSR count). The van der Waals surface area contributed by atoms with Gasteiger partial charge in [-0.2, -0.15) is 0 Å². The molecule has 1 aliphatic rings. The van der Waals surface area contributed by atoms with E-state index in [2.05, 4.69) is 32.9 Å². The van der Waals surface area contributed by atoms with Crippen molar-refractivity contribution in [2.45, 2.75) is 91.4 Å². The molecule has 0 saturated heterocycles. The monoisotopic (exact) mass is 464 g/mol. The molecule has 186 valence electrons. The van der Waals surface area contributed by atoms with E-state index in [0.717, 1.165) is 36.3 Å². The van der Waals surface area contributed by atoms with Gasteiger partial charge in [0, 0.05) is 0 Å². The Hall–Kier alpha value is -2.29. The Balaban J connectivity index is 1.38. The fraction of sp³-hybridized carbons (Fsp3) is 0.581. The van der Waals surface area contributed by atoms with Crippen LogP contribution in [-0.4, -0.2) is 12.6 Å². The van der Waals surface area contributed by atoms with Gasteiger partial charge in [0.2, 0.25) is 0 Å². The summed E-state index contributed by atoms with van der Waals surface area (Å²) in [5.41, 5.74) is 1.86. The van der Waals surface area contributed by atoms with Crippen molar-refractivity contribution in [1.29, 1.82) is 0 Å². The topological polar surface area (TPSA) is 35.5 Å². The van der Waals surface area contributed by atoms with Gasteiger partial charge in [-0.25, -0.2) is 4.79 Å². The summed E-state index contributed by atoms with van der Waals surface area (Å²) in [6, 6.07) is 15.3. The SMILES string of the molecule is CCCC1CCC(CCc2ccc(OC(=O)c3ccc(OCCCC(C)CC)cc3)cc2)CC1. The van der Waals surface area contributed by atoms with E-state index < -0.39 is 0 Å². The van der Waals surface area contributed by atoms with Gasteiger partial charge in [-0.05, 0) is 85.4 Å². The van der Waals surface area contributed by atoms with Gasteiger partial charge in [0.15, 0.2) is 0 Å². The van der Waals surface area contributed by atoms with Crippen LogP contribution in [0.4, 0.5) is 0 Å². The van der Waals surface area contributed by atoms with Crippen molar-refractivity contribution in [2.75, 3.05) is 6.61 Å². The van der Waals surface area contributed by atoms with Crippen molar-refractivity contribution in [3.05, 3.63) is 59.7 Å². The molecule has 0 N–H and O–H groups in total. The minimum atomic E-state index is -0.333. The molecule has 0 spiro atoms. The number of carbonyl (C=O) groups excluding carboxylic acids is 1. The molecule has 3 nitrogen and oxygen atoms in total. The largest absolute Gasteiger partial charge is 0.494 e. The molecule has 2 aromatic carbocycles. The van der Waals surface area contributed by atoms with E-state index in [1.165, 1.54) is 63.4 Å². The van der Waals surface area contributed by atoms with Crippen molar-refractivity contribution in [2.24, 2.45) is 17.8 Å². The molecule has 1 atom stereocenters. The predicted octanol–water partition coefficient (Wildman–Crippen LogP) is 8.65. The maximum absolute atomic E-state index is 12.5. The molecule has 2 aromatic rings. The minimum absolute atomic E-state index is 0.333. The fourth-order valence-corrected chi connectivity index (χ4v) is 4.99. The standard InChI is InChI=1S/C31H44O3/c1-4-7-25-9-11-26(12-10-25)13-14-27-15-19-30(20-16-27)34-31(32)28-17-21-29(22-18-28)33-23-6-8-24(3)5-2/h15-22,24-26H,4-14,23H2,1-3H3. The maximum Gasteiger partial charge on any atom is 0.343 e. The van der Waals surface area contributed by atoms with Crippen molar-refractivity contribution in [3.63, 3.8) is 0 Å². The zero-order chi connectivity index (χ0) is 24.2. The molecule has 0 bridgehead atoms. The van der Waals surface area contributed by atoms with E-state index in [4.69, 9.17) is 9.47 Å². The van der Waals surface area contributed by atoms with Crippen molar-refractivity contribution >= 4 is 5.97 Å². The Morgan fingerprint density at radius 2 is 1.50 bits per heavy atom. The molecule has 0 radical (unpaired) electrons. The van der Waals surface area contributed by atoms with Gasteiger partial charge in [0.25, 0.3) is 0 Å². The van der Waals surface area contributed by atoms with Crippen LogP contribution in [0, 0.1) is 17.8 Å². The molecular weight excluding hydrogens is 420 g/mol. The molecule has 1 saturated carbocycles. The van der Waals surface area contributed by atoms with Crippen molar-refractivity contribution in [3.8, 4) is 11.5 Å². The molecule has 1 unspecified atom stereocenters. The third-order valence-electron chi connectivity index (χ3n) is 7.54. The van der Waals surface area contributed by atoms with Crippen LogP contribution in [0.2, 0.25) is 0 Å². The lowest BCUT2D eigenvalue weighted by molar-refractivity contribution is 0.0734. The second-order valence-electron chi connectivity index (χ2n) is 10.3. The van der Waals surface area contributed by atoms with Crippen LogP contribution < -0.4 is 9.47 Å². The summed E-state index contributed by atoms with van der Waals surface area (Å²) in [5, 5.41) is 0. The summed E-state index contributed by atoms with van der Waals surface area (Å²) in [6.07, 6.45) is 14.2. The van der Waals surface area contributed by atoms with E-state index in [1.54, 1.807) is 12.1 Å². The highest BCUT2D eigenvalue weighted by molar-refractivity contribution is 5.91. The van der Waals surface area contributed by atoms with Gasteiger partial charge in [0.1, 0.15) is 11.5 Å². The van der Waals surface area contributed by atoms with E-state index >= 15 is 0 Å². The third-order valence-corrected chi connectivity index (χ3v) is 7.54. The number of rotatable bonds is 13. The summed E-state index contributed by atoms with van der Waals surface area (Å²) in [7, 11) is 0. The lowest BCUT2D eigenvalue weighted by atomic mass is 9.78. The van der Waals surface area contributed by atoms with Crippen LogP contribution in [0.5, 0.6) is 11.5 Å². The molecule has 0 aliphatic heterocycles. The van der Waals surface area contributed by atoms with Crippen LogP contribution in [-0.2, 0) is 6.42 Å². The van der Waals surface area contributed by atoms with E-state index in [9.17, 15) is 4.79 Å². The van der Waals surface area contributed by atoms with Crippen LogP contribution >= 0.6 is 0 Å². The van der Waals surface area contributed by atoms with Crippen LogP contribution in [0.25, 0.3) is 0 Å². The second-order valence-corrected chi connectivity index (χ2v) is 10.3. The molecule has 34 heavy (non-hydrogen) atoms. The van der Waals surface area contributed by atoms with Crippen LogP contribution in [0.15, 0.2) is 48.5 Å². The summed E-state index contributed by atoms with van der Waals surface area (Å²) in [6.45, 7) is 7.50. The molecule has 1 fully saturated rings. The molecule has 0 aromatic heterocycles. The first-order valence-corrected chi connectivity index (χ1v) is 13.6. The maximum atomic E-state index is 12.5. The average Bonchev–Trinajstić information content (AvgIpc) is 2.87. The number of hydrogen-bond donors (Lipinski definition) is 0. The normalized spacial score (nSPS) is 18.9. The molecule has 0 heterocycles. The van der Waals surface area contributed by atoms with Gasteiger partial charge >= 0.3 is 5.97 Å². The molecule has 0 amide bonds. The first-order chi connectivity index (χ1) is 16.6. The first kappa shape index (κ1) is 26.3. The lowest BCUT2D eigenvalue weighted by Gasteiger charge is -2.28. The quantitative estimate of drug-likeness (QED) is 0.169. The number of benzene rings is 2. The summed E-state index contributed by atoms with van der Waals surface area (Å²) in [5.74, 6) is 3.64. The van der Waals surface area contributed by atoms with Crippen molar-refractivity contribution in [1.82, 2.24) is 0 Å². The highest BCUT2D eigenvalue weighted by atomic mass is 16.5. The summed E-state index contributed by atoms with van der Waals surface area (Å²) in [4.78, 5) is 12.5. The number of hydrogen-bond acceptors (Lipinski definition) is 3. The number of aryl methyl sites for hydroxylation is 1. The highest BCUT2D eigenvalue weighted by Crippen LogP contribution is 2.34. The summed E-state index contributed by atoms with van der Waals surface area (Å²) >= 11 is 0. The zero-order valence-corrected chi connectivity index (χ0v) is 21.6. The highest BCUT2D eigenvalue weighted by Gasteiger charge is 2.20. The Kier molecular flexibility index (Phi) is 11.0. The fourth-order valence-electron chi connectivity index (χ4n) is 4.99. The Bertz CT molecular complexity index is 832. The van der Waals surface area contributed by atoms with Crippen LogP contribution in [0.3, 0.4) is 0 Å². The zero-order valence-electron chi connectivity index (χ0n) is 21.6. The predicted molar refractivity (Wildman–Crippen MR) is 141 cm³/mol. The minimum Gasteiger partial charge on any atom is -0.494 e. The smallest absolute Gasteiger partial charge is 0.343 e. The van der Waals surface area contributed by atoms with Gasteiger partial charge in [-0.15, -0.1) is 0 Å². The molecule has 3 heteroatoms. The first-order valence-electron chi connectivity index (χ1n) is 13.6. The summed E-state index contributed by atoms with van der Waals surface area (Å²) < 4.78 is 11.4. The van der Waals surface area contributed by atoms with E-state index in [-0.39, 0.29) is 5.97 Å². The Morgan fingerprint density at radius 1 is 0.882 bits per heavy atom. The van der Waals surface area contributed by atoms with Gasteiger partial charge in [-0.3, -0.25) is 0 Å². The van der Waals surface area contributed by atoms with Gasteiger partial charge in [0.05, 0.1) is 12.2 Å². The second kappa shape index (κ2) is 14.2. The van der Waals surface area contributed by atoms with Crippen LogP contribution in [0.1, 0.15) is 101 Å². The molecular formula is C31H44O3. The molecule has 1 aliphatic carbocycles. The van der Waals surface area contributed by atoms with Crippen molar-refractivity contribution < 1.29 is 14.3 Å². The average molecular weight is 465 g/mol. The third kappa shape index (κ3) is 8.81.